The molecule has 0 aliphatic heterocycles. The highest BCUT2D eigenvalue weighted by atomic mass is 19.1. The van der Waals surface area contributed by atoms with E-state index < -0.39 is 0 Å². The smallest absolute Gasteiger partial charge is 0.125 e. The number of nitrogens with zero attached hydrogens (tertiary/aromatic N) is 1. The molecule has 0 atom stereocenters. The van der Waals surface area contributed by atoms with E-state index >= 15 is 0 Å². The molecular formula is C11H12FN3. The van der Waals surface area contributed by atoms with Gasteiger partial charge in [-0.3, -0.25) is 0 Å². The number of benzene rings is 1. The molecule has 3 nitrogen and oxygen atoms in total. The molecule has 0 radical (unpaired) electrons. The molecule has 0 aliphatic rings. The van der Waals surface area contributed by atoms with E-state index in [1.54, 1.807) is 12.5 Å². The summed E-state index contributed by atoms with van der Waals surface area (Å²) in [7, 11) is 0. The number of aromatic amines is 1. The molecule has 2 aromatic rings. The normalized spacial score (nSPS) is 10.3. The third-order valence-electron chi connectivity index (χ3n) is 2.08. The lowest BCUT2D eigenvalue weighted by atomic mass is 10.2. The number of hydrogen-bond donors (Lipinski definition) is 2. The molecule has 0 spiro atoms. The van der Waals surface area contributed by atoms with Crippen molar-refractivity contribution in [3.63, 3.8) is 0 Å². The molecule has 0 aliphatic carbocycles. The van der Waals surface area contributed by atoms with Crippen LogP contribution >= 0.6 is 0 Å². The van der Waals surface area contributed by atoms with Gasteiger partial charge in [-0.25, -0.2) is 9.37 Å². The van der Waals surface area contributed by atoms with E-state index in [-0.39, 0.29) is 5.82 Å². The molecule has 4 heteroatoms. The zero-order valence-corrected chi connectivity index (χ0v) is 8.42. The van der Waals surface area contributed by atoms with E-state index in [9.17, 15) is 4.39 Å². The van der Waals surface area contributed by atoms with Crippen LogP contribution in [0.25, 0.3) is 0 Å². The molecule has 78 valence electrons. The Balaban J connectivity index is 2.05. The van der Waals surface area contributed by atoms with Crippen molar-refractivity contribution in [1.29, 1.82) is 0 Å². The van der Waals surface area contributed by atoms with Crippen LogP contribution in [0, 0.1) is 12.7 Å². The van der Waals surface area contributed by atoms with Gasteiger partial charge in [0, 0.05) is 11.9 Å². The number of hydrogen-bond acceptors (Lipinski definition) is 2. The zero-order valence-electron chi connectivity index (χ0n) is 8.42. The van der Waals surface area contributed by atoms with Crippen molar-refractivity contribution in [2.24, 2.45) is 0 Å². The molecule has 1 aromatic carbocycles. The van der Waals surface area contributed by atoms with Gasteiger partial charge in [0.25, 0.3) is 0 Å². The summed E-state index contributed by atoms with van der Waals surface area (Å²) in [5.41, 5.74) is 2.65. The molecule has 0 fully saturated rings. The lowest BCUT2D eigenvalue weighted by Gasteiger charge is -2.05. The first kappa shape index (κ1) is 9.71. The predicted octanol–water partition coefficient (Wildman–Crippen LogP) is 2.47. The Labute approximate surface area is 87.4 Å². The number of anilines is 1. The maximum atomic E-state index is 13.0. The van der Waals surface area contributed by atoms with Crippen LogP contribution in [-0.4, -0.2) is 9.97 Å². The number of aromatic nitrogens is 2. The summed E-state index contributed by atoms with van der Waals surface area (Å²) in [6.07, 6.45) is 3.35. The van der Waals surface area contributed by atoms with Crippen molar-refractivity contribution in [1.82, 2.24) is 9.97 Å². The van der Waals surface area contributed by atoms with Gasteiger partial charge in [0.05, 0.1) is 18.6 Å². The minimum Gasteiger partial charge on any atom is -0.379 e. The fourth-order valence-electron chi connectivity index (χ4n) is 1.42. The maximum Gasteiger partial charge on any atom is 0.125 e. The molecule has 0 unspecified atom stereocenters. The Morgan fingerprint density at radius 1 is 1.40 bits per heavy atom. The molecular weight excluding hydrogens is 193 g/mol. The van der Waals surface area contributed by atoms with Crippen molar-refractivity contribution < 1.29 is 4.39 Å². The average molecular weight is 205 g/mol. The number of halogens is 1. The van der Waals surface area contributed by atoms with Gasteiger partial charge in [0.2, 0.25) is 0 Å². The van der Waals surface area contributed by atoms with Gasteiger partial charge >= 0.3 is 0 Å². The number of aryl methyl sites for hydroxylation is 1. The first-order chi connectivity index (χ1) is 7.24. The zero-order chi connectivity index (χ0) is 10.7. The summed E-state index contributed by atoms with van der Waals surface area (Å²) in [5.74, 6) is -0.220. The Morgan fingerprint density at radius 2 is 2.27 bits per heavy atom. The first-order valence-electron chi connectivity index (χ1n) is 4.72. The van der Waals surface area contributed by atoms with E-state index in [0.29, 0.717) is 6.54 Å². The second kappa shape index (κ2) is 4.13. The van der Waals surface area contributed by atoms with Crippen molar-refractivity contribution in [2.45, 2.75) is 13.5 Å². The third kappa shape index (κ3) is 2.56. The lowest BCUT2D eigenvalue weighted by Crippen LogP contribution is -2.00. The Kier molecular flexibility index (Phi) is 2.67. The molecule has 0 amide bonds. The van der Waals surface area contributed by atoms with Gasteiger partial charge in [-0.1, -0.05) is 0 Å². The minimum atomic E-state index is -0.220. The van der Waals surface area contributed by atoms with Gasteiger partial charge in [-0.15, -0.1) is 0 Å². The number of rotatable bonds is 3. The predicted molar refractivity (Wildman–Crippen MR) is 57.1 cm³/mol. The summed E-state index contributed by atoms with van der Waals surface area (Å²) in [4.78, 5) is 6.87. The van der Waals surface area contributed by atoms with Crippen LogP contribution in [0.3, 0.4) is 0 Å². The van der Waals surface area contributed by atoms with E-state index in [2.05, 4.69) is 15.3 Å². The highest BCUT2D eigenvalue weighted by Gasteiger charge is 1.98. The summed E-state index contributed by atoms with van der Waals surface area (Å²) < 4.78 is 13.0. The second-order valence-electron chi connectivity index (χ2n) is 3.45. The summed E-state index contributed by atoms with van der Waals surface area (Å²) in [5, 5.41) is 3.12. The van der Waals surface area contributed by atoms with Crippen molar-refractivity contribution in [3.8, 4) is 0 Å². The summed E-state index contributed by atoms with van der Waals surface area (Å²) in [6, 6.07) is 4.88. The molecule has 2 rings (SSSR count). The molecule has 1 heterocycles. The third-order valence-corrected chi connectivity index (χ3v) is 2.08. The van der Waals surface area contributed by atoms with Gasteiger partial charge in [-0.2, -0.15) is 0 Å². The average Bonchev–Trinajstić information content (AvgIpc) is 2.65. The van der Waals surface area contributed by atoms with Crippen LogP contribution in [0.4, 0.5) is 10.1 Å². The van der Waals surface area contributed by atoms with Crippen molar-refractivity contribution in [2.75, 3.05) is 5.32 Å². The van der Waals surface area contributed by atoms with Crippen LogP contribution in [0.15, 0.2) is 30.7 Å². The molecule has 0 saturated heterocycles. The Morgan fingerprint density at radius 3 is 2.93 bits per heavy atom. The van der Waals surface area contributed by atoms with Gasteiger partial charge in [0.15, 0.2) is 0 Å². The number of nitrogens with one attached hydrogen (secondary N) is 2. The summed E-state index contributed by atoms with van der Waals surface area (Å²) >= 11 is 0. The Hall–Kier alpha value is -1.84. The van der Waals surface area contributed by atoms with Crippen molar-refractivity contribution >= 4 is 5.69 Å². The standard InChI is InChI=1S/C11H12FN3/c1-8-2-9(12)4-10(3-8)14-6-11-5-13-7-15-11/h2-5,7,14H,6H2,1H3,(H,13,15). The van der Waals surface area contributed by atoms with Crippen LogP contribution in [0.1, 0.15) is 11.3 Å². The highest BCUT2D eigenvalue weighted by molar-refractivity contribution is 5.46. The van der Waals surface area contributed by atoms with Crippen LogP contribution in [0.5, 0.6) is 0 Å². The fraction of sp³-hybridized carbons (Fsp3) is 0.182. The van der Waals surface area contributed by atoms with Crippen LogP contribution in [0.2, 0.25) is 0 Å². The van der Waals surface area contributed by atoms with Crippen LogP contribution < -0.4 is 5.32 Å². The van der Waals surface area contributed by atoms with Gasteiger partial charge < -0.3 is 10.3 Å². The first-order valence-corrected chi connectivity index (χ1v) is 4.72. The van der Waals surface area contributed by atoms with Gasteiger partial charge in [-0.05, 0) is 30.7 Å². The molecule has 1 aromatic heterocycles. The van der Waals surface area contributed by atoms with E-state index in [4.69, 9.17) is 0 Å². The topological polar surface area (TPSA) is 40.7 Å². The number of H-pyrrole nitrogens is 1. The van der Waals surface area contributed by atoms with E-state index in [1.807, 2.05) is 13.0 Å². The Bertz CT molecular complexity index is 417. The largest absolute Gasteiger partial charge is 0.379 e. The maximum absolute atomic E-state index is 13.0. The van der Waals surface area contributed by atoms with Crippen LogP contribution in [-0.2, 0) is 6.54 Å². The quantitative estimate of drug-likeness (QED) is 0.808. The fourth-order valence-corrected chi connectivity index (χ4v) is 1.42. The second-order valence-corrected chi connectivity index (χ2v) is 3.45. The molecule has 0 saturated carbocycles. The monoisotopic (exact) mass is 205 g/mol. The van der Waals surface area contributed by atoms with Gasteiger partial charge in [0.1, 0.15) is 5.82 Å². The SMILES string of the molecule is Cc1cc(F)cc(NCc2cnc[nH]2)c1. The summed E-state index contributed by atoms with van der Waals surface area (Å²) in [6.45, 7) is 2.48. The van der Waals surface area contributed by atoms with Crippen molar-refractivity contribution in [3.05, 3.63) is 47.8 Å². The number of imidazole rings is 1. The van der Waals surface area contributed by atoms with E-state index in [1.165, 1.54) is 12.1 Å². The highest BCUT2D eigenvalue weighted by Crippen LogP contribution is 2.13. The minimum absolute atomic E-state index is 0.220. The molecule has 2 N–H and O–H groups in total. The molecule has 15 heavy (non-hydrogen) atoms. The molecule has 0 bridgehead atoms. The lowest BCUT2D eigenvalue weighted by molar-refractivity contribution is 0.627. The van der Waals surface area contributed by atoms with E-state index in [0.717, 1.165) is 16.9 Å².